The van der Waals surface area contributed by atoms with E-state index in [-0.39, 0.29) is 11.9 Å². The zero-order valence-electron chi connectivity index (χ0n) is 15.6. The maximum absolute atomic E-state index is 12.1. The molecule has 0 atom stereocenters. The van der Waals surface area contributed by atoms with Gasteiger partial charge in [-0.05, 0) is 31.5 Å². The average Bonchev–Trinajstić information content (AvgIpc) is 3.33. The van der Waals surface area contributed by atoms with Crippen molar-refractivity contribution in [1.29, 1.82) is 0 Å². The Morgan fingerprint density at radius 3 is 2.74 bits per heavy atom. The van der Waals surface area contributed by atoms with Crippen molar-refractivity contribution in [2.24, 2.45) is 0 Å². The van der Waals surface area contributed by atoms with Gasteiger partial charge in [0.25, 0.3) is 0 Å². The van der Waals surface area contributed by atoms with E-state index in [4.69, 9.17) is 4.42 Å². The third-order valence-electron chi connectivity index (χ3n) is 4.15. The summed E-state index contributed by atoms with van der Waals surface area (Å²) in [5.41, 5.74) is 1.19. The predicted molar refractivity (Wildman–Crippen MR) is 107 cm³/mol. The minimum Gasteiger partial charge on any atom is -0.467 e. The van der Waals surface area contributed by atoms with Crippen LogP contribution >= 0.6 is 11.5 Å². The summed E-state index contributed by atoms with van der Waals surface area (Å²) in [6.45, 7) is 5.20. The maximum atomic E-state index is 12.1. The number of amides is 1. The maximum Gasteiger partial charge on any atom is 0.222 e. The molecule has 1 amide bonds. The summed E-state index contributed by atoms with van der Waals surface area (Å²) in [7, 11) is 0. The highest BCUT2D eigenvalue weighted by molar-refractivity contribution is 7.09. The van der Waals surface area contributed by atoms with Crippen LogP contribution in [0, 0.1) is 0 Å². The SMILES string of the molecule is CC(C)N(CCC(=O)NCc1ccco1)c1nc(Cc2ccccc2)ns1. The molecule has 0 saturated heterocycles. The topological polar surface area (TPSA) is 71.3 Å². The minimum absolute atomic E-state index is 0.00826. The van der Waals surface area contributed by atoms with Gasteiger partial charge in [-0.3, -0.25) is 4.79 Å². The molecule has 0 bridgehead atoms. The van der Waals surface area contributed by atoms with Gasteiger partial charge in [-0.1, -0.05) is 30.3 Å². The molecule has 1 aromatic carbocycles. The summed E-state index contributed by atoms with van der Waals surface area (Å²) in [6, 6.07) is 14.1. The van der Waals surface area contributed by atoms with Crippen LogP contribution in [0.4, 0.5) is 5.13 Å². The quantitative estimate of drug-likeness (QED) is 0.610. The first-order valence-electron chi connectivity index (χ1n) is 9.04. The summed E-state index contributed by atoms with van der Waals surface area (Å²) in [5, 5.41) is 3.73. The number of benzene rings is 1. The number of furan rings is 1. The lowest BCUT2D eigenvalue weighted by molar-refractivity contribution is -0.121. The van der Waals surface area contributed by atoms with Gasteiger partial charge in [0.05, 0.1) is 12.8 Å². The number of aromatic nitrogens is 2. The summed E-state index contributed by atoms with van der Waals surface area (Å²) in [5.74, 6) is 1.55. The van der Waals surface area contributed by atoms with Gasteiger partial charge in [0.15, 0.2) is 0 Å². The molecule has 6 nitrogen and oxygen atoms in total. The van der Waals surface area contributed by atoms with Crippen LogP contribution in [0.5, 0.6) is 0 Å². The lowest BCUT2D eigenvalue weighted by atomic mass is 10.1. The molecule has 0 fully saturated rings. The molecule has 0 saturated carbocycles. The fourth-order valence-corrected chi connectivity index (χ4v) is 3.54. The molecule has 0 spiro atoms. The van der Waals surface area contributed by atoms with Crippen molar-refractivity contribution in [2.75, 3.05) is 11.4 Å². The number of anilines is 1. The lowest BCUT2D eigenvalue weighted by Crippen LogP contribution is -2.35. The van der Waals surface area contributed by atoms with Gasteiger partial charge in [0, 0.05) is 37.0 Å². The fourth-order valence-electron chi connectivity index (χ4n) is 2.70. The average molecular weight is 385 g/mol. The number of nitrogens with zero attached hydrogens (tertiary/aromatic N) is 3. The summed E-state index contributed by atoms with van der Waals surface area (Å²) >= 11 is 1.39. The van der Waals surface area contributed by atoms with E-state index in [0.29, 0.717) is 25.9 Å². The van der Waals surface area contributed by atoms with Gasteiger partial charge < -0.3 is 14.6 Å². The molecule has 0 aliphatic carbocycles. The highest BCUT2D eigenvalue weighted by atomic mass is 32.1. The highest BCUT2D eigenvalue weighted by Gasteiger charge is 2.17. The predicted octanol–water partition coefficient (Wildman–Crippen LogP) is 3.64. The van der Waals surface area contributed by atoms with Gasteiger partial charge in [0.1, 0.15) is 11.6 Å². The Bertz CT molecular complexity index is 831. The fraction of sp³-hybridized carbons (Fsp3) is 0.350. The highest BCUT2D eigenvalue weighted by Crippen LogP contribution is 2.21. The van der Waals surface area contributed by atoms with Crippen molar-refractivity contribution >= 4 is 22.6 Å². The Morgan fingerprint density at radius 2 is 2.04 bits per heavy atom. The zero-order chi connectivity index (χ0) is 19.1. The first kappa shape index (κ1) is 19.1. The first-order valence-corrected chi connectivity index (χ1v) is 9.81. The van der Waals surface area contributed by atoms with Gasteiger partial charge in [-0.15, -0.1) is 0 Å². The monoisotopic (exact) mass is 384 g/mol. The standard InChI is InChI=1S/C20H24N4O2S/c1-15(2)24(11-10-19(25)21-14-17-9-6-12-26-17)20-22-18(23-27-20)13-16-7-4-3-5-8-16/h3-9,12,15H,10-11,13-14H2,1-2H3,(H,21,25). The molecule has 0 radical (unpaired) electrons. The third kappa shape index (κ3) is 5.65. The molecule has 3 aromatic rings. The molecule has 7 heteroatoms. The van der Waals surface area contributed by atoms with Crippen molar-refractivity contribution in [3.8, 4) is 0 Å². The molecule has 1 N–H and O–H groups in total. The second kappa shape index (κ2) is 9.32. The second-order valence-corrected chi connectivity index (χ2v) is 7.28. The number of nitrogens with one attached hydrogen (secondary N) is 1. The van der Waals surface area contributed by atoms with Gasteiger partial charge >= 0.3 is 0 Å². The van der Waals surface area contributed by atoms with E-state index in [1.54, 1.807) is 6.26 Å². The Kier molecular flexibility index (Phi) is 6.59. The van der Waals surface area contributed by atoms with Gasteiger partial charge in [-0.25, -0.2) is 4.98 Å². The van der Waals surface area contributed by atoms with Crippen molar-refractivity contribution in [2.45, 2.75) is 39.3 Å². The van der Waals surface area contributed by atoms with E-state index in [2.05, 4.69) is 45.6 Å². The largest absolute Gasteiger partial charge is 0.467 e. The second-order valence-electron chi connectivity index (χ2n) is 6.55. The van der Waals surface area contributed by atoms with E-state index in [9.17, 15) is 4.79 Å². The molecule has 142 valence electrons. The van der Waals surface area contributed by atoms with Crippen molar-refractivity contribution in [3.63, 3.8) is 0 Å². The van der Waals surface area contributed by atoms with Crippen LogP contribution in [0.3, 0.4) is 0 Å². The van der Waals surface area contributed by atoms with Crippen LogP contribution in [0.25, 0.3) is 0 Å². The third-order valence-corrected chi connectivity index (χ3v) is 4.94. The van der Waals surface area contributed by atoms with Gasteiger partial charge in [-0.2, -0.15) is 4.37 Å². The van der Waals surface area contributed by atoms with Crippen molar-refractivity contribution < 1.29 is 9.21 Å². The molecular formula is C20H24N4O2S. The first-order chi connectivity index (χ1) is 13.1. The molecule has 0 aliphatic rings. The van der Waals surface area contributed by atoms with E-state index in [1.807, 2.05) is 30.3 Å². The van der Waals surface area contributed by atoms with Crippen molar-refractivity contribution in [3.05, 3.63) is 65.9 Å². The number of hydrogen-bond donors (Lipinski definition) is 1. The molecule has 0 aliphatic heterocycles. The van der Waals surface area contributed by atoms with E-state index in [1.165, 1.54) is 17.1 Å². The van der Waals surface area contributed by atoms with Crippen molar-refractivity contribution in [1.82, 2.24) is 14.7 Å². The number of carbonyl (C=O) groups excluding carboxylic acids is 1. The Balaban J connectivity index is 1.54. The Hall–Kier alpha value is -2.67. The summed E-state index contributed by atoms with van der Waals surface area (Å²) in [6.07, 6.45) is 2.71. The van der Waals surface area contributed by atoms with Crippen LogP contribution < -0.4 is 10.2 Å². The molecule has 2 heterocycles. The molecule has 2 aromatic heterocycles. The summed E-state index contributed by atoms with van der Waals surface area (Å²) in [4.78, 5) is 18.9. The number of hydrogen-bond acceptors (Lipinski definition) is 6. The molecule has 27 heavy (non-hydrogen) atoms. The molecule has 0 unspecified atom stereocenters. The Morgan fingerprint density at radius 1 is 1.22 bits per heavy atom. The Labute approximate surface area is 163 Å². The van der Waals surface area contributed by atoms with E-state index < -0.39 is 0 Å². The van der Waals surface area contributed by atoms with Crippen LogP contribution in [0.1, 0.15) is 37.4 Å². The van der Waals surface area contributed by atoms with Crippen LogP contribution in [-0.4, -0.2) is 27.9 Å². The molecule has 3 rings (SSSR count). The van der Waals surface area contributed by atoms with E-state index >= 15 is 0 Å². The number of rotatable bonds is 9. The van der Waals surface area contributed by atoms with Crippen LogP contribution in [0.2, 0.25) is 0 Å². The zero-order valence-corrected chi connectivity index (χ0v) is 16.4. The van der Waals surface area contributed by atoms with E-state index in [0.717, 1.165) is 16.7 Å². The summed E-state index contributed by atoms with van der Waals surface area (Å²) < 4.78 is 9.71. The van der Waals surface area contributed by atoms with Gasteiger partial charge in [0.2, 0.25) is 11.0 Å². The molecular weight excluding hydrogens is 360 g/mol. The lowest BCUT2D eigenvalue weighted by Gasteiger charge is -2.25. The minimum atomic E-state index is -0.00826. The number of carbonyl (C=O) groups is 1. The smallest absolute Gasteiger partial charge is 0.222 e. The van der Waals surface area contributed by atoms with Crippen LogP contribution in [0.15, 0.2) is 53.1 Å². The van der Waals surface area contributed by atoms with Crippen LogP contribution in [-0.2, 0) is 17.8 Å². The normalized spacial score (nSPS) is 10.9.